The molecule has 1 saturated heterocycles. The summed E-state index contributed by atoms with van der Waals surface area (Å²) in [5.41, 5.74) is -0.404. The van der Waals surface area contributed by atoms with E-state index in [4.69, 9.17) is 11.6 Å². The quantitative estimate of drug-likeness (QED) is 0.467. The predicted octanol–water partition coefficient (Wildman–Crippen LogP) is 2.28. The zero-order valence-electron chi connectivity index (χ0n) is 18.4. The maximum Gasteiger partial charge on any atom is 0.329 e. The van der Waals surface area contributed by atoms with Gasteiger partial charge in [0.05, 0.1) is 28.0 Å². The lowest BCUT2D eigenvalue weighted by atomic mass is 10.1. The number of fused-ring (bicyclic) bond motifs is 1. The minimum Gasteiger partial charge on any atom is -0.337 e. The van der Waals surface area contributed by atoms with Crippen molar-refractivity contribution in [3.8, 4) is 0 Å². The van der Waals surface area contributed by atoms with Gasteiger partial charge >= 0.3 is 5.69 Å². The minimum absolute atomic E-state index is 0.0200. The van der Waals surface area contributed by atoms with Gasteiger partial charge in [0, 0.05) is 38.6 Å². The molecule has 1 aliphatic heterocycles. The summed E-state index contributed by atoms with van der Waals surface area (Å²) < 4.78 is 16.0. The Balaban J connectivity index is 1.40. The van der Waals surface area contributed by atoms with Gasteiger partial charge in [-0.1, -0.05) is 23.7 Å². The van der Waals surface area contributed by atoms with Crippen LogP contribution < -0.4 is 16.1 Å². The number of hydrogen-bond donors (Lipinski definition) is 1. The summed E-state index contributed by atoms with van der Waals surface area (Å²) in [6.07, 6.45) is 3.32. The van der Waals surface area contributed by atoms with Crippen molar-refractivity contribution in [3.05, 3.63) is 97.7 Å². The van der Waals surface area contributed by atoms with Gasteiger partial charge in [-0.2, -0.15) is 0 Å². The Hall–Kier alpha value is -4.05. The van der Waals surface area contributed by atoms with E-state index in [1.54, 1.807) is 41.6 Å². The third-order valence-corrected chi connectivity index (χ3v) is 6.29. The second-order valence-corrected chi connectivity index (χ2v) is 8.53. The summed E-state index contributed by atoms with van der Waals surface area (Å²) in [7, 11) is 0. The number of H-pyrrole nitrogens is 1. The Morgan fingerprint density at radius 1 is 1.03 bits per heavy atom. The fraction of sp³-hybridized carbons (Fsp3) is 0.208. The molecule has 178 valence electrons. The lowest BCUT2D eigenvalue weighted by molar-refractivity contribution is 0.0741. The number of hydrogen-bond acceptors (Lipinski definition) is 6. The summed E-state index contributed by atoms with van der Waals surface area (Å²) in [6, 6.07) is 10.7. The summed E-state index contributed by atoms with van der Waals surface area (Å²) in [4.78, 5) is 52.2. The first-order chi connectivity index (χ1) is 16.9. The fourth-order valence-electron chi connectivity index (χ4n) is 4.21. The van der Waals surface area contributed by atoms with Gasteiger partial charge in [-0.3, -0.25) is 19.1 Å². The molecule has 2 aromatic carbocycles. The molecule has 3 heterocycles. The summed E-state index contributed by atoms with van der Waals surface area (Å²) >= 11 is 6.17. The first kappa shape index (κ1) is 22.7. The van der Waals surface area contributed by atoms with Crippen LogP contribution in [0, 0.1) is 5.82 Å². The van der Waals surface area contributed by atoms with Gasteiger partial charge < -0.3 is 9.80 Å². The summed E-state index contributed by atoms with van der Waals surface area (Å²) in [5, 5.41) is 0.403. The number of amides is 1. The number of nitrogens with one attached hydrogen (secondary N) is 1. The highest BCUT2D eigenvalue weighted by Crippen LogP contribution is 2.21. The number of rotatable bonds is 4. The van der Waals surface area contributed by atoms with E-state index in [1.807, 2.05) is 4.90 Å². The molecule has 1 aliphatic rings. The van der Waals surface area contributed by atoms with Gasteiger partial charge in [-0.25, -0.2) is 19.2 Å². The number of anilines is 1. The molecule has 0 bridgehead atoms. The molecule has 0 aliphatic carbocycles. The maximum absolute atomic E-state index is 14.7. The lowest BCUT2D eigenvalue weighted by Gasteiger charge is -2.34. The molecule has 1 fully saturated rings. The Morgan fingerprint density at radius 2 is 1.77 bits per heavy atom. The van der Waals surface area contributed by atoms with Crippen LogP contribution in [0.4, 0.5) is 10.3 Å². The SMILES string of the molecule is O=C(c1cc(Cn2c(=O)[nH]c(=O)c3c(Cl)cccc32)ccc1F)N1CCN(c2ncccn2)CC1. The van der Waals surface area contributed by atoms with Crippen molar-refractivity contribution in [1.29, 1.82) is 0 Å². The van der Waals surface area contributed by atoms with Crippen molar-refractivity contribution in [2.24, 2.45) is 0 Å². The van der Waals surface area contributed by atoms with Gasteiger partial charge in [-0.15, -0.1) is 0 Å². The molecule has 2 aromatic heterocycles. The molecule has 11 heteroatoms. The standard InChI is InChI=1S/C24H20ClFN6O3/c25-17-3-1-4-19-20(17)21(33)29-24(35)32(19)14-15-5-6-18(26)16(13-15)22(34)30-9-11-31(12-10-30)23-27-7-2-8-28-23/h1-8,13H,9-12,14H2,(H,29,33,35). The van der Waals surface area contributed by atoms with Gasteiger partial charge in [0.25, 0.3) is 11.5 Å². The Morgan fingerprint density at radius 3 is 2.51 bits per heavy atom. The molecule has 5 rings (SSSR count). The molecule has 0 unspecified atom stereocenters. The van der Waals surface area contributed by atoms with Crippen LogP contribution in [0.25, 0.3) is 10.9 Å². The average molecular weight is 495 g/mol. The summed E-state index contributed by atoms with van der Waals surface area (Å²) in [6.45, 7) is 1.85. The Kier molecular flexibility index (Phi) is 6.04. The summed E-state index contributed by atoms with van der Waals surface area (Å²) in [5.74, 6) is -0.486. The van der Waals surface area contributed by atoms with E-state index in [0.29, 0.717) is 43.2 Å². The highest BCUT2D eigenvalue weighted by Gasteiger charge is 2.25. The van der Waals surface area contributed by atoms with E-state index in [0.717, 1.165) is 0 Å². The maximum atomic E-state index is 14.7. The third-order valence-electron chi connectivity index (χ3n) is 5.98. The zero-order valence-corrected chi connectivity index (χ0v) is 19.2. The predicted molar refractivity (Wildman–Crippen MR) is 129 cm³/mol. The molecule has 1 N–H and O–H groups in total. The van der Waals surface area contributed by atoms with Crippen LogP contribution >= 0.6 is 11.6 Å². The first-order valence-electron chi connectivity index (χ1n) is 10.9. The van der Waals surface area contributed by atoms with E-state index in [9.17, 15) is 18.8 Å². The number of halogens is 2. The van der Waals surface area contributed by atoms with Crippen molar-refractivity contribution in [1.82, 2.24) is 24.4 Å². The van der Waals surface area contributed by atoms with Crippen molar-refractivity contribution < 1.29 is 9.18 Å². The highest BCUT2D eigenvalue weighted by atomic mass is 35.5. The van der Waals surface area contributed by atoms with Crippen molar-refractivity contribution in [3.63, 3.8) is 0 Å². The lowest BCUT2D eigenvalue weighted by Crippen LogP contribution is -2.49. The van der Waals surface area contributed by atoms with Crippen molar-refractivity contribution >= 4 is 34.4 Å². The van der Waals surface area contributed by atoms with E-state index >= 15 is 0 Å². The number of piperazine rings is 1. The van der Waals surface area contributed by atoms with Gasteiger partial charge in [-0.05, 0) is 35.9 Å². The largest absolute Gasteiger partial charge is 0.337 e. The third kappa shape index (κ3) is 4.40. The van der Waals surface area contributed by atoms with Crippen molar-refractivity contribution in [2.45, 2.75) is 6.54 Å². The minimum atomic E-state index is -0.644. The monoisotopic (exact) mass is 494 g/mol. The number of nitrogens with zero attached hydrogens (tertiary/aromatic N) is 5. The van der Waals surface area contributed by atoms with E-state index in [-0.39, 0.29) is 22.5 Å². The van der Waals surface area contributed by atoms with E-state index in [1.165, 1.54) is 22.8 Å². The van der Waals surface area contributed by atoms with Crippen LogP contribution in [0.2, 0.25) is 5.02 Å². The van der Waals surface area contributed by atoms with Crippen LogP contribution in [0.15, 0.2) is 64.4 Å². The van der Waals surface area contributed by atoms with Crippen LogP contribution in [0.3, 0.4) is 0 Å². The number of aromatic amines is 1. The normalized spacial score (nSPS) is 13.9. The number of benzene rings is 2. The second kappa shape index (κ2) is 9.30. The Labute approximate surface area is 203 Å². The second-order valence-electron chi connectivity index (χ2n) is 8.12. The fourth-order valence-corrected chi connectivity index (χ4v) is 4.46. The molecular formula is C24H20ClFN6O3. The van der Waals surface area contributed by atoms with Crippen LogP contribution in [-0.2, 0) is 6.54 Å². The zero-order chi connectivity index (χ0) is 24.5. The molecule has 0 spiro atoms. The van der Waals surface area contributed by atoms with Gasteiger partial charge in [0.2, 0.25) is 5.95 Å². The number of carbonyl (C=O) groups is 1. The van der Waals surface area contributed by atoms with Crippen LogP contribution in [0.1, 0.15) is 15.9 Å². The molecule has 35 heavy (non-hydrogen) atoms. The molecule has 0 atom stereocenters. The first-order valence-corrected chi connectivity index (χ1v) is 11.3. The van der Waals surface area contributed by atoms with Gasteiger partial charge in [0.1, 0.15) is 5.82 Å². The number of carbonyl (C=O) groups excluding carboxylic acids is 1. The van der Waals surface area contributed by atoms with Crippen LogP contribution in [-0.4, -0.2) is 56.5 Å². The molecule has 1 amide bonds. The van der Waals surface area contributed by atoms with Crippen LogP contribution in [0.5, 0.6) is 0 Å². The topological polar surface area (TPSA) is 104 Å². The molecule has 0 radical (unpaired) electrons. The Bertz CT molecular complexity index is 1530. The van der Waals surface area contributed by atoms with E-state index < -0.39 is 23.0 Å². The average Bonchev–Trinajstić information content (AvgIpc) is 2.87. The smallest absolute Gasteiger partial charge is 0.329 e. The van der Waals surface area contributed by atoms with Crippen molar-refractivity contribution in [2.75, 3.05) is 31.1 Å². The highest BCUT2D eigenvalue weighted by molar-refractivity contribution is 6.35. The molecule has 4 aromatic rings. The number of aromatic nitrogens is 4. The van der Waals surface area contributed by atoms with Gasteiger partial charge in [0.15, 0.2) is 0 Å². The molecular weight excluding hydrogens is 475 g/mol. The van der Waals surface area contributed by atoms with E-state index in [2.05, 4.69) is 15.0 Å². The molecule has 9 nitrogen and oxygen atoms in total. The molecule has 0 saturated carbocycles.